The van der Waals surface area contributed by atoms with E-state index >= 15 is 4.39 Å². The number of carbonyl (C=O) groups is 7. The molecular weight excluding hydrogens is 1000 g/mol. The van der Waals surface area contributed by atoms with Gasteiger partial charge in [0.15, 0.2) is 0 Å². The van der Waals surface area contributed by atoms with Crippen LogP contribution in [-0.4, -0.2) is 103 Å². The molecule has 1 aliphatic heterocycles. The first-order valence-corrected chi connectivity index (χ1v) is 24.5. The molecule has 68 heavy (non-hydrogen) atoms. The zero-order chi connectivity index (χ0) is 50.1. The molecule has 7 amide bonds. The van der Waals surface area contributed by atoms with Crippen LogP contribution in [0.25, 0.3) is 11.3 Å². The van der Waals surface area contributed by atoms with Crippen molar-refractivity contribution in [1.82, 2.24) is 40.6 Å². The molecule has 0 saturated carbocycles. The number of amides is 7. The summed E-state index contributed by atoms with van der Waals surface area (Å²) in [7, 11) is 0. The maximum atomic E-state index is 15.1. The van der Waals surface area contributed by atoms with E-state index in [0.29, 0.717) is 25.1 Å². The van der Waals surface area contributed by atoms with E-state index in [2.05, 4.69) is 21.3 Å². The normalized spacial score (nSPS) is 14.5. The molecule has 4 atom stereocenters. The summed E-state index contributed by atoms with van der Waals surface area (Å²) >= 11 is -2.13. The van der Waals surface area contributed by atoms with Crippen LogP contribution in [-0.2, 0) is 35.3 Å². The third-order valence-corrected chi connectivity index (χ3v) is 12.4. The monoisotopic (exact) mass is 1060 g/mol. The minimum absolute atomic E-state index is 0.0234. The number of carbonyl (C=O) groups excluding carboxylic acids is 7. The fraction of sp³-hybridized carbons (Fsp3) is 0.489. The van der Waals surface area contributed by atoms with E-state index in [1.54, 1.807) is 29.5 Å². The Hall–Kier alpha value is -5.68. The van der Waals surface area contributed by atoms with Crippen LogP contribution in [0.4, 0.5) is 16.4 Å². The molecule has 1 aromatic heterocycles. The van der Waals surface area contributed by atoms with Crippen LogP contribution in [0.2, 0.25) is 0 Å². The number of nitrogens with two attached hydrogens (primary N) is 2. The number of benzene rings is 2. The van der Waals surface area contributed by atoms with Crippen molar-refractivity contribution in [3.05, 3.63) is 89.9 Å². The number of aromatic nitrogens is 2. The SMILES string of the molecule is CC(C)[C@H](NC(=O)CCCCCN1C(=O)C=CC1=O)C(=O)NC(CCCNC(N)=O)C(=O)NCC(=O)CCN([C@H](N)[I-]F)[C@@H](c1nc(-c2cc(F)ccc2F)cn1Cc1ccccc1)C(C)(C)C. The van der Waals surface area contributed by atoms with Crippen molar-refractivity contribution < 1.29 is 67.0 Å². The average Bonchev–Trinajstić information content (AvgIpc) is 3.84. The zero-order valence-electron chi connectivity index (χ0n) is 39.0. The van der Waals surface area contributed by atoms with Gasteiger partial charge in [0.1, 0.15) is 0 Å². The van der Waals surface area contributed by atoms with Crippen LogP contribution in [0.5, 0.6) is 0 Å². The number of urea groups is 1. The summed E-state index contributed by atoms with van der Waals surface area (Å²) < 4.78 is 45.0. The van der Waals surface area contributed by atoms with Gasteiger partial charge in [0.2, 0.25) is 5.91 Å². The summed E-state index contributed by atoms with van der Waals surface area (Å²) in [4.78, 5) is 96.3. The summed E-state index contributed by atoms with van der Waals surface area (Å²) in [5.74, 6) is -4.33. The number of primary amides is 1. The number of Topliss-reactive ketones (excluding diaryl/α,β-unsaturated/α-hetero) is 1. The van der Waals surface area contributed by atoms with E-state index in [9.17, 15) is 40.8 Å². The second-order valence-corrected chi connectivity index (χ2v) is 19.7. The number of rotatable bonds is 27. The quantitative estimate of drug-likeness (QED) is 0.0159. The van der Waals surface area contributed by atoms with Crippen molar-refractivity contribution in [3.8, 4) is 11.3 Å². The predicted octanol–water partition coefficient (Wildman–Crippen LogP) is 1.12. The Labute approximate surface area is 405 Å². The van der Waals surface area contributed by atoms with Gasteiger partial charge >= 0.3 is 285 Å². The molecular formula is C47H63F3IN10O7-. The van der Waals surface area contributed by atoms with Crippen molar-refractivity contribution in [2.45, 2.75) is 108 Å². The first-order chi connectivity index (χ1) is 32.2. The van der Waals surface area contributed by atoms with Crippen LogP contribution in [0, 0.1) is 23.0 Å². The van der Waals surface area contributed by atoms with Crippen molar-refractivity contribution in [2.24, 2.45) is 22.8 Å². The Bertz CT molecular complexity index is 2260. The molecule has 0 spiro atoms. The molecule has 8 N–H and O–H groups in total. The second kappa shape index (κ2) is 26.2. The van der Waals surface area contributed by atoms with E-state index in [0.717, 1.165) is 28.7 Å². The van der Waals surface area contributed by atoms with E-state index < -0.39 is 103 Å². The molecule has 2 heterocycles. The number of ketones is 1. The van der Waals surface area contributed by atoms with Gasteiger partial charge in [0.25, 0.3) is 11.8 Å². The maximum absolute atomic E-state index is 15.1. The number of nitrogens with one attached hydrogen (secondary N) is 4. The molecule has 1 unspecified atom stereocenters. The van der Waals surface area contributed by atoms with Gasteiger partial charge in [-0.25, -0.2) is 4.79 Å². The van der Waals surface area contributed by atoms with E-state index in [-0.39, 0.29) is 74.9 Å². The average molecular weight is 1060 g/mol. The fourth-order valence-corrected chi connectivity index (χ4v) is 8.59. The first-order valence-electron chi connectivity index (χ1n) is 22.5. The number of unbranched alkanes of at least 4 members (excludes halogenated alkanes) is 2. The fourth-order valence-electron chi connectivity index (χ4n) is 7.72. The van der Waals surface area contributed by atoms with Gasteiger partial charge in [-0.15, -0.1) is 0 Å². The van der Waals surface area contributed by atoms with E-state index in [4.69, 9.17) is 16.5 Å². The van der Waals surface area contributed by atoms with Crippen molar-refractivity contribution >= 4 is 41.4 Å². The van der Waals surface area contributed by atoms with Crippen molar-refractivity contribution in [2.75, 3.05) is 26.2 Å². The van der Waals surface area contributed by atoms with Crippen LogP contribution < -0.4 is 54.5 Å². The second-order valence-electron chi connectivity index (χ2n) is 17.9. The number of alkyl halides is 1. The van der Waals surface area contributed by atoms with Crippen LogP contribution >= 0.6 is 0 Å². The van der Waals surface area contributed by atoms with Crippen LogP contribution in [0.1, 0.15) is 97.0 Å². The molecule has 3 aromatic rings. The molecule has 372 valence electrons. The number of hydrogen-bond acceptors (Lipinski definition) is 10. The Morgan fingerprint density at radius 3 is 2.21 bits per heavy atom. The number of imidazole rings is 1. The molecule has 0 bridgehead atoms. The Morgan fingerprint density at radius 1 is 0.882 bits per heavy atom. The van der Waals surface area contributed by atoms with E-state index in [1.807, 2.05) is 51.1 Å². The van der Waals surface area contributed by atoms with Crippen molar-refractivity contribution in [3.63, 3.8) is 0 Å². The molecule has 0 radical (unpaired) electrons. The summed E-state index contributed by atoms with van der Waals surface area (Å²) in [5, 5.41) is 10.4. The van der Waals surface area contributed by atoms with Gasteiger partial charge < -0.3 is 16.4 Å². The molecule has 21 heteroatoms. The van der Waals surface area contributed by atoms with E-state index in [1.165, 1.54) is 12.2 Å². The number of hydrogen-bond donors (Lipinski definition) is 6. The number of halogens is 4. The summed E-state index contributed by atoms with van der Waals surface area (Å²) in [6.45, 7) is 9.19. The predicted molar refractivity (Wildman–Crippen MR) is 244 cm³/mol. The topological polar surface area (TPSA) is 244 Å². The Kier molecular flexibility index (Phi) is 21.1. The zero-order valence-corrected chi connectivity index (χ0v) is 41.2. The molecule has 0 fully saturated rings. The van der Waals surface area contributed by atoms with Gasteiger partial charge in [0.05, 0.1) is 0 Å². The third-order valence-electron chi connectivity index (χ3n) is 11.2. The summed E-state index contributed by atoms with van der Waals surface area (Å²) in [6, 6.07) is 8.69. The Balaban J connectivity index is 1.45. The molecule has 17 nitrogen and oxygen atoms in total. The van der Waals surface area contributed by atoms with Gasteiger partial charge in [-0.1, -0.05) is 20.3 Å². The van der Waals surface area contributed by atoms with Crippen LogP contribution in [0.15, 0.2) is 66.9 Å². The Morgan fingerprint density at radius 2 is 1.57 bits per heavy atom. The first kappa shape index (κ1) is 54.9. The number of imide groups is 1. The molecule has 2 aromatic carbocycles. The van der Waals surface area contributed by atoms with Gasteiger partial charge in [-0.3, -0.25) is 19.3 Å². The molecule has 4 rings (SSSR count). The standard InChI is InChI=1S/C47H63F3IN10O7/c1-29(2)40(58-37(63)16-10-7-11-23-60-38(64)19-20-39(60)65)44(67)57-35(15-12-22-54-46(53)68)43(66)55-26-32(62)21-24-61(45(52)51-50)41(47(3,4)5)42-56-36(33-25-31(48)17-18-34(33)49)28-59(42)27-30-13-8-6-9-14-30/h6,8-9,13-14,17-20,25,28-29,35,40-41,45H,7,10-12,15-16,21-24,26-27,52H2,1-5H3,(H,55,66)(H,57,67)(H,58,63)(H3,53,54,68)/q-1/t35?,40-,41-,45-/m0/s1. The van der Waals surface area contributed by atoms with Gasteiger partial charge in [-0.2, -0.15) is 0 Å². The van der Waals surface area contributed by atoms with Crippen LogP contribution in [0.3, 0.4) is 0 Å². The molecule has 1 aliphatic rings. The summed E-state index contributed by atoms with van der Waals surface area (Å²) in [5.41, 5.74) is 11.9. The molecule has 0 aliphatic carbocycles. The van der Waals surface area contributed by atoms with Gasteiger partial charge in [-0.05, 0) is 18.8 Å². The third kappa shape index (κ3) is 16.5. The summed E-state index contributed by atoms with van der Waals surface area (Å²) in [6.07, 6.45) is 5.60. The molecule has 0 saturated heterocycles. The minimum atomic E-state index is -2.13. The van der Waals surface area contributed by atoms with Crippen molar-refractivity contribution in [1.29, 1.82) is 0 Å². The van der Waals surface area contributed by atoms with Gasteiger partial charge in [0, 0.05) is 25.1 Å². The number of nitrogens with zero attached hydrogens (tertiary/aromatic N) is 4.